The molecular weight excluding hydrogens is 396 g/mol. The third kappa shape index (κ3) is 6.77. The van der Waals surface area contributed by atoms with Crippen LogP contribution in [0.2, 0.25) is 5.02 Å². The van der Waals surface area contributed by atoms with Crippen LogP contribution in [0, 0.1) is 0 Å². The third-order valence-corrected chi connectivity index (χ3v) is 5.26. The van der Waals surface area contributed by atoms with Crippen molar-refractivity contribution in [1.82, 2.24) is 4.90 Å². The summed E-state index contributed by atoms with van der Waals surface area (Å²) in [6, 6.07) is 14.3. The number of para-hydroxylation sites is 1. The van der Waals surface area contributed by atoms with E-state index in [0.29, 0.717) is 53.2 Å². The van der Waals surface area contributed by atoms with Crippen molar-refractivity contribution in [3.8, 4) is 5.75 Å². The van der Waals surface area contributed by atoms with Crippen LogP contribution in [-0.4, -0.2) is 47.9 Å². The lowest BCUT2D eigenvalue weighted by Gasteiger charge is -2.18. The lowest BCUT2D eigenvalue weighted by Crippen LogP contribution is -2.30. The van der Waals surface area contributed by atoms with Crippen LogP contribution in [0.5, 0.6) is 5.75 Å². The van der Waals surface area contributed by atoms with Crippen LogP contribution in [0.15, 0.2) is 48.5 Å². The topological polar surface area (TPSA) is 58.6 Å². The molecule has 1 N–H and O–H groups in total. The summed E-state index contributed by atoms with van der Waals surface area (Å²) in [5.41, 5.74) is 1.29. The molecule has 2 rings (SSSR count). The Morgan fingerprint density at radius 3 is 2.39 bits per heavy atom. The van der Waals surface area contributed by atoms with Gasteiger partial charge in [-0.3, -0.25) is 9.59 Å². The number of hydrogen-bond donors (Lipinski definition) is 1. The fourth-order valence-electron chi connectivity index (χ4n) is 2.52. The molecule has 0 aliphatic carbocycles. The highest BCUT2D eigenvalue weighted by Crippen LogP contribution is 2.23. The first-order valence-corrected chi connectivity index (χ1v) is 10.7. The summed E-state index contributed by atoms with van der Waals surface area (Å²) in [4.78, 5) is 26.1. The molecule has 2 aromatic rings. The second kappa shape index (κ2) is 11.6. The first kappa shape index (κ1) is 22.1. The number of hydrogen-bond acceptors (Lipinski definition) is 4. The number of carbonyl (C=O) groups is 2. The van der Waals surface area contributed by atoms with Crippen molar-refractivity contribution in [2.75, 3.05) is 36.5 Å². The Hall–Kier alpha value is -2.18. The zero-order valence-corrected chi connectivity index (χ0v) is 17.7. The maximum absolute atomic E-state index is 12.3. The summed E-state index contributed by atoms with van der Waals surface area (Å²) in [5.74, 6) is 1.55. The molecule has 0 aromatic heterocycles. The lowest BCUT2D eigenvalue weighted by molar-refractivity contribution is -0.113. The Morgan fingerprint density at radius 2 is 1.75 bits per heavy atom. The van der Waals surface area contributed by atoms with Gasteiger partial charge in [0.2, 0.25) is 5.91 Å². The Kier molecular flexibility index (Phi) is 9.17. The van der Waals surface area contributed by atoms with Crippen LogP contribution in [0.25, 0.3) is 0 Å². The molecule has 5 nitrogen and oxygen atoms in total. The number of ether oxygens (including phenoxy) is 1. The number of halogens is 1. The number of thioether (sulfide) groups is 1. The molecule has 0 atom stereocenters. The van der Waals surface area contributed by atoms with Crippen molar-refractivity contribution in [2.45, 2.75) is 13.8 Å². The predicted molar refractivity (Wildman–Crippen MR) is 117 cm³/mol. The van der Waals surface area contributed by atoms with Gasteiger partial charge in [0.1, 0.15) is 5.75 Å². The van der Waals surface area contributed by atoms with E-state index < -0.39 is 0 Å². The summed E-state index contributed by atoms with van der Waals surface area (Å²) in [7, 11) is 0. The predicted octanol–water partition coefficient (Wildman–Crippen LogP) is 4.57. The quantitative estimate of drug-likeness (QED) is 0.572. The second-order valence-electron chi connectivity index (χ2n) is 5.93. The van der Waals surface area contributed by atoms with Crippen LogP contribution >= 0.6 is 23.4 Å². The van der Waals surface area contributed by atoms with Crippen molar-refractivity contribution in [3.63, 3.8) is 0 Å². The molecule has 0 heterocycles. The van der Waals surface area contributed by atoms with Gasteiger partial charge in [-0.15, -0.1) is 11.8 Å². The van der Waals surface area contributed by atoms with Crippen molar-refractivity contribution in [3.05, 3.63) is 59.1 Å². The maximum Gasteiger partial charge on any atom is 0.253 e. The maximum atomic E-state index is 12.3. The highest BCUT2D eigenvalue weighted by molar-refractivity contribution is 7.99. The summed E-state index contributed by atoms with van der Waals surface area (Å²) in [6.45, 7) is 5.72. The van der Waals surface area contributed by atoms with Gasteiger partial charge in [-0.1, -0.05) is 23.7 Å². The molecule has 0 saturated carbocycles. The van der Waals surface area contributed by atoms with E-state index in [1.807, 2.05) is 32.0 Å². The molecule has 7 heteroatoms. The van der Waals surface area contributed by atoms with Crippen LogP contribution in [-0.2, 0) is 4.79 Å². The van der Waals surface area contributed by atoms with E-state index in [0.717, 1.165) is 0 Å². The van der Waals surface area contributed by atoms with E-state index in [4.69, 9.17) is 16.3 Å². The van der Waals surface area contributed by atoms with Gasteiger partial charge in [0.05, 0.1) is 17.4 Å². The van der Waals surface area contributed by atoms with E-state index in [-0.39, 0.29) is 11.8 Å². The second-order valence-corrected chi connectivity index (χ2v) is 7.45. The SMILES string of the molecule is CCN(CC)C(=O)c1ccc(NC(=O)CSCCOc2ccccc2Cl)cc1. The number of nitrogens with one attached hydrogen (secondary N) is 1. The van der Waals surface area contributed by atoms with Gasteiger partial charge in [0.25, 0.3) is 5.91 Å². The number of rotatable bonds is 10. The number of benzene rings is 2. The van der Waals surface area contributed by atoms with Crippen LogP contribution in [0.1, 0.15) is 24.2 Å². The van der Waals surface area contributed by atoms with E-state index in [1.165, 1.54) is 11.8 Å². The van der Waals surface area contributed by atoms with E-state index in [9.17, 15) is 9.59 Å². The number of nitrogens with zero attached hydrogens (tertiary/aromatic N) is 1. The first-order valence-electron chi connectivity index (χ1n) is 9.19. The molecule has 2 aromatic carbocycles. The number of amides is 2. The van der Waals surface area contributed by atoms with Crippen molar-refractivity contribution in [1.29, 1.82) is 0 Å². The normalized spacial score (nSPS) is 10.4. The number of carbonyl (C=O) groups excluding carboxylic acids is 2. The highest BCUT2D eigenvalue weighted by atomic mass is 35.5. The Morgan fingerprint density at radius 1 is 1.07 bits per heavy atom. The van der Waals surface area contributed by atoms with Crippen molar-refractivity contribution < 1.29 is 14.3 Å². The molecule has 2 amide bonds. The minimum absolute atomic E-state index is 0.00282. The summed E-state index contributed by atoms with van der Waals surface area (Å²) >= 11 is 7.51. The van der Waals surface area contributed by atoms with Crippen molar-refractivity contribution >= 4 is 40.9 Å². The van der Waals surface area contributed by atoms with Gasteiger partial charge in [0, 0.05) is 30.1 Å². The molecule has 0 aliphatic rings. The van der Waals surface area contributed by atoms with E-state index in [1.54, 1.807) is 35.2 Å². The monoisotopic (exact) mass is 420 g/mol. The summed E-state index contributed by atoms with van der Waals surface area (Å²) in [6.07, 6.45) is 0. The molecule has 0 bridgehead atoms. The molecule has 0 unspecified atom stereocenters. The average molecular weight is 421 g/mol. The largest absolute Gasteiger partial charge is 0.491 e. The smallest absolute Gasteiger partial charge is 0.253 e. The molecule has 0 radical (unpaired) electrons. The van der Waals surface area contributed by atoms with E-state index >= 15 is 0 Å². The molecule has 28 heavy (non-hydrogen) atoms. The van der Waals surface area contributed by atoms with Gasteiger partial charge in [-0.05, 0) is 50.2 Å². The first-order chi connectivity index (χ1) is 13.5. The van der Waals surface area contributed by atoms with Gasteiger partial charge >= 0.3 is 0 Å². The molecule has 150 valence electrons. The minimum Gasteiger partial charge on any atom is -0.491 e. The van der Waals surface area contributed by atoms with Crippen LogP contribution in [0.3, 0.4) is 0 Å². The minimum atomic E-state index is -0.0921. The van der Waals surface area contributed by atoms with Gasteiger partial charge < -0.3 is 15.0 Å². The zero-order chi connectivity index (χ0) is 20.4. The molecule has 0 aliphatic heterocycles. The number of anilines is 1. The fraction of sp³-hybridized carbons (Fsp3) is 0.333. The zero-order valence-electron chi connectivity index (χ0n) is 16.1. The van der Waals surface area contributed by atoms with Crippen molar-refractivity contribution in [2.24, 2.45) is 0 Å². The van der Waals surface area contributed by atoms with Gasteiger partial charge in [0.15, 0.2) is 0 Å². The molecular formula is C21H25ClN2O3S. The fourth-order valence-corrected chi connectivity index (χ4v) is 3.32. The highest BCUT2D eigenvalue weighted by Gasteiger charge is 2.12. The lowest BCUT2D eigenvalue weighted by atomic mass is 10.2. The van der Waals surface area contributed by atoms with Gasteiger partial charge in [-0.25, -0.2) is 0 Å². The summed E-state index contributed by atoms with van der Waals surface area (Å²) < 4.78 is 5.59. The summed E-state index contributed by atoms with van der Waals surface area (Å²) in [5, 5.41) is 3.41. The standard InChI is InChI=1S/C21H25ClN2O3S/c1-3-24(4-2)21(26)16-9-11-17(12-10-16)23-20(25)15-28-14-13-27-19-8-6-5-7-18(19)22/h5-12H,3-4,13-15H2,1-2H3,(H,23,25). The average Bonchev–Trinajstić information content (AvgIpc) is 2.70. The third-order valence-electron chi connectivity index (χ3n) is 4.02. The molecule has 0 spiro atoms. The Labute approximate surface area is 175 Å². The van der Waals surface area contributed by atoms with E-state index in [2.05, 4.69) is 5.32 Å². The van der Waals surface area contributed by atoms with Gasteiger partial charge in [-0.2, -0.15) is 0 Å². The Bertz CT molecular complexity index is 779. The van der Waals surface area contributed by atoms with Crippen LogP contribution in [0.4, 0.5) is 5.69 Å². The molecule has 0 fully saturated rings. The molecule has 0 saturated heterocycles. The Balaban J connectivity index is 1.71. The van der Waals surface area contributed by atoms with Crippen LogP contribution < -0.4 is 10.1 Å².